The molecule has 0 bridgehead atoms. The van der Waals surface area contributed by atoms with Crippen molar-refractivity contribution in [1.29, 1.82) is 5.26 Å². The molecule has 0 amide bonds. The zero-order chi connectivity index (χ0) is 17.3. The number of aryl methyl sites for hydroxylation is 1. The molecule has 0 aliphatic carbocycles. The van der Waals surface area contributed by atoms with Gasteiger partial charge in [0.05, 0.1) is 18.9 Å². The van der Waals surface area contributed by atoms with E-state index in [4.69, 9.17) is 10.00 Å². The third-order valence-electron chi connectivity index (χ3n) is 3.83. The van der Waals surface area contributed by atoms with Crippen molar-refractivity contribution in [2.24, 2.45) is 7.05 Å². The second kappa shape index (κ2) is 6.32. The van der Waals surface area contributed by atoms with Crippen LogP contribution in [0, 0.1) is 17.1 Å². The summed E-state index contributed by atoms with van der Waals surface area (Å²) in [6, 6.07) is 5.22. The van der Waals surface area contributed by atoms with E-state index in [0.717, 1.165) is 11.6 Å². The van der Waals surface area contributed by atoms with Gasteiger partial charge in [-0.1, -0.05) is 6.07 Å². The van der Waals surface area contributed by atoms with Crippen LogP contribution in [0.4, 0.5) is 4.39 Å². The van der Waals surface area contributed by atoms with Crippen LogP contribution in [0.15, 0.2) is 35.5 Å². The quantitative estimate of drug-likeness (QED) is 0.830. The zero-order valence-corrected chi connectivity index (χ0v) is 13.7. The minimum Gasteiger partial charge on any atom is -0.371 e. The SMILES string of the molecule is Cn1cc([C@H]2CN(S(=O)(=O)c3cccc(F)c3C#N)CCO2)cn1. The average Bonchev–Trinajstić information content (AvgIpc) is 3.01. The largest absolute Gasteiger partial charge is 0.371 e. The number of morpholine rings is 1. The predicted octanol–water partition coefficient (Wildman–Crippen LogP) is 1.19. The first kappa shape index (κ1) is 16.6. The summed E-state index contributed by atoms with van der Waals surface area (Å²) in [5, 5.41) is 13.1. The van der Waals surface area contributed by atoms with Crippen molar-refractivity contribution in [3.8, 4) is 6.07 Å². The van der Waals surface area contributed by atoms with Gasteiger partial charge in [0, 0.05) is 31.9 Å². The fourth-order valence-electron chi connectivity index (χ4n) is 2.62. The summed E-state index contributed by atoms with van der Waals surface area (Å²) < 4.78 is 47.9. The molecule has 2 aromatic rings. The number of benzene rings is 1. The summed E-state index contributed by atoms with van der Waals surface area (Å²) in [4.78, 5) is -0.322. The Morgan fingerprint density at radius 3 is 2.92 bits per heavy atom. The summed E-state index contributed by atoms with van der Waals surface area (Å²) in [6.45, 7) is 0.422. The number of halogens is 1. The number of hydrogen-bond acceptors (Lipinski definition) is 5. The summed E-state index contributed by atoms with van der Waals surface area (Å²) in [6.07, 6.45) is 2.91. The Morgan fingerprint density at radius 1 is 1.46 bits per heavy atom. The average molecular weight is 350 g/mol. The maximum Gasteiger partial charge on any atom is 0.244 e. The van der Waals surface area contributed by atoms with E-state index in [0.29, 0.717) is 0 Å². The van der Waals surface area contributed by atoms with Crippen molar-refractivity contribution in [2.75, 3.05) is 19.7 Å². The van der Waals surface area contributed by atoms with Crippen LogP contribution in [-0.4, -0.2) is 42.2 Å². The molecule has 2 heterocycles. The van der Waals surface area contributed by atoms with Gasteiger partial charge in [0.15, 0.2) is 0 Å². The normalized spacial score (nSPS) is 19.1. The smallest absolute Gasteiger partial charge is 0.244 e. The van der Waals surface area contributed by atoms with Crippen LogP contribution >= 0.6 is 0 Å². The maximum atomic E-state index is 13.8. The molecule has 1 saturated heterocycles. The number of nitrogens with zero attached hydrogens (tertiary/aromatic N) is 4. The number of ether oxygens (including phenoxy) is 1. The van der Waals surface area contributed by atoms with Gasteiger partial charge in [-0.05, 0) is 12.1 Å². The van der Waals surface area contributed by atoms with E-state index in [1.165, 1.54) is 16.4 Å². The lowest BCUT2D eigenvalue weighted by atomic mass is 10.2. The maximum absolute atomic E-state index is 13.8. The van der Waals surface area contributed by atoms with E-state index in [2.05, 4.69) is 5.10 Å². The Kier molecular flexibility index (Phi) is 4.36. The molecular formula is C15H15FN4O3S. The van der Waals surface area contributed by atoms with E-state index in [-0.39, 0.29) is 24.6 Å². The molecule has 9 heteroatoms. The Labute approximate surface area is 138 Å². The van der Waals surface area contributed by atoms with E-state index >= 15 is 0 Å². The first-order chi connectivity index (χ1) is 11.4. The molecule has 1 aliphatic heterocycles. The molecule has 0 radical (unpaired) electrons. The van der Waals surface area contributed by atoms with Gasteiger partial charge in [-0.15, -0.1) is 0 Å². The van der Waals surface area contributed by atoms with Crippen LogP contribution in [0.2, 0.25) is 0 Å². The summed E-state index contributed by atoms with van der Waals surface area (Å²) >= 11 is 0. The van der Waals surface area contributed by atoms with Crippen LogP contribution in [-0.2, 0) is 21.8 Å². The van der Waals surface area contributed by atoms with Gasteiger partial charge in [0.1, 0.15) is 22.3 Å². The van der Waals surface area contributed by atoms with Crippen LogP contribution in [0.25, 0.3) is 0 Å². The molecule has 0 spiro atoms. The Hall–Kier alpha value is -2.28. The molecule has 0 saturated carbocycles. The number of nitriles is 1. The zero-order valence-electron chi connectivity index (χ0n) is 12.9. The molecule has 0 N–H and O–H groups in total. The van der Waals surface area contributed by atoms with E-state index in [9.17, 15) is 12.8 Å². The topological polar surface area (TPSA) is 88.2 Å². The highest BCUT2D eigenvalue weighted by Crippen LogP contribution is 2.28. The molecule has 1 atom stereocenters. The van der Waals surface area contributed by atoms with Crippen molar-refractivity contribution < 1.29 is 17.5 Å². The first-order valence-corrected chi connectivity index (χ1v) is 8.66. The van der Waals surface area contributed by atoms with Gasteiger partial charge in [-0.25, -0.2) is 12.8 Å². The molecular weight excluding hydrogens is 335 g/mol. The fourth-order valence-corrected chi connectivity index (χ4v) is 4.20. The van der Waals surface area contributed by atoms with Gasteiger partial charge in [-0.3, -0.25) is 4.68 Å². The van der Waals surface area contributed by atoms with Crippen molar-refractivity contribution in [3.05, 3.63) is 47.5 Å². The minimum absolute atomic E-state index is 0.0788. The van der Waals surface area contributed by atoms with Gasteiger partial charge < -0.3 is 4.74 Å². The van der Waals surface area contributed by atoms with Gasteiger partial charge >= 0.3 is 0 Å². The van der Waals surface area contributed by atoms with Crippen LogP contribution < -0.4 is 0 Å². The van der Waals surface area contributed by atoms with Gasteiger partial charge in [0.25, 0.3) is 0 Å². The summed E-state index contributed by atoms with van der Waals surface area (Å²) in [7, 11) is -2.24. The molecule has 3 rings (SSSR count). The highest BCUT2D eigenvalue weighted by molar-refractivity contribution is 7.89. The second-order valence-corrected chi connectivity index (χ2v) is 7.30. The van der Waals surface area contributed by atoms with E-state index in [1.807, 2.05) is 0 Å². The lowest BCUT2D eigenvalue weighted by Crippen LogP contribution is -2.42. The molecule has 24 heavy (non-hydrogen) atoms. The standard InChI is InChI=1S/C15H15FN4O3S/c1-19-9-11(8-18-19)14-10-20(5-6-23-14)24(21,22)15-4-2-3-13(16)12(15)7-17/h2-4,8-9,14H,5-6,10H2,1H3/t14-/m1/s1. The monoisotopic (exact) mass is 350 g/mol. The molecule has 126 valence electrons. The van der Waals surface area contributed by atoms with Crippen molar-refractivity contribution >= 4 is 10.0 Å². The molecule has 1 fully saturated rings. The van der Waals surface area contributed by atoms with Crippen LogP contribution in [0.1, 0.15) is 17.2 Å². The highest BCUT2D eigenvalue weighted by Gasteiger charge is 2.34. The molecule has 0 unspecified atom stereocenters. The van der Waals surface area contributed by atoms with E-state index < -0.39 is 27.5 Å². The Balaban J connectivity index is 1.93. The van der Waals surface area contributed by atoms with Gasteiger partial charge in [-0.2, -0.15) is 14.7 Å². The molecule has 1 aromatic carbocycles. The molecule has 1 aliphatic rings. The van der Waals surface area contributed by atoms with Crippen molar-refractivity contribution in [2.45, 2.75) is 11.0 Å². The van der Waals surface area contributed by atoms with Crippen molar-refractivity contribution in [1.82, 2.24) is 14.1 Å². The van der Waals surface area contributed by atoms with Crippen molar-refractivity contribution in [3.63, 3.8) is 0 Å². The summed E-state index contributed by atoms with van der Waals surface area (Å²) in [5.74, 6) is -0.851. The minimum atomic E-state index is -4.00. The highest BCUT2D eigenvalue weighted by atomic mass is 32.2. The van der Waals surface area contributed by atoms with Gasteiger partial charge in [0.2, 0.25) is 10.0 Å². The lowest BCUT2D eigenvalue weighted by Gasteiger charge is -2.31. The van der Waals surface area contributed by atoms with E-state index in [1.54, 1.807) is 30.2 Å². The number of aromatic nitrogens is 2. The number of rotatable bonds is 3. The number of sulfonamides is 1. The molecule has 7 nitrogen and oxygen atoms in total. The third-order valence-corrected chi connectivity index (χ3v) is 5.74. The summed E-state index contributed by atoms with van der Waals surface area (Å²) in [5.41, 5.74) is 0.291. The third kappa shape index (κ3) is 2.91. The molecule has 1 aromatic heterocycles. The van der Waals surface area contributed by atoms with Crippen LogP contribution in [0.3, 0.4) is 0 Å². The lowest BCUT2D eigenvalue weighted by molar-refractivity contribution is -0.00260. The Bertz CT molecular complexity index is 904. The predicted molar refractivity (Wildman–Crippen MR) is 81.8 cm³/mol. The van der Waals surface area contributed by atoms with Crippen LogP contribution in [0.5, 0.6) is 0 Å². The first-order valence-electron chi connectivity index (χ1n) is 7.22. The second-order valence-electron chi connectivity index (χ2n) is 5.39. The fraction of sp³-hybridized carbons (Fsp3) is 0.333. The Morgan fingerprint density at radius 2 is 2.25 bits per heavy atom. The number of hydrogen-bond donors (Lipinski definition) is 0.